The standard InChI is InChI=1S/C39H37ClF3N5O3S/c1-24-23-52-37(45-24)34-14-7-15-48(34)38(51)33-20-28(19-31(46-33)27-11-6-13-30(40)18-27)36(50)47-32(17-25-8-3-2-4-9-25)35(49)22-44-21-26-10-5-12-29(16-26)39(41,42)43/h2-6,8-13,16,18-20,23,32,34-35,44,49H,7,14-15,17,21-22H2,1H3,(H,47,50)/t32-,34+,35-/m0/s1. The number of rotatable bonds is 12. The van der Waals surface area contributed by atoms with E-state index in [9.17, 15) is 27.9 Å². The number of likely N-dealkylation sites (tertiary alicyclic amines) is 1. The molecule has 6 rings (SSSR count). The Labute approximate surface area is 308 Å². The van der Waals surface area contributed by atoms with Crippen LogP contribution in [0.2, 0.25) is 5.02 Å². The molecule has 1 aliphatic heterocycles. The van der Waals surface area contributed by atoms with Crippen LogP contribution in [0.1, 0.15) is 67.1 Å². The molecule has 1 aliphatic rings. The van der Waals surface area contributed by atoms with Crippen LogP contribution in [0.3, 0.4) is 0 Å². The number of carbonyl (C=O) groups excluding carboxylic acids is 2. The van der Waals surface area contributed by atoms with Crippen LogP contribution in [0, 0.1) is 6.92 Å². The number of halogens is 4. The van der Waals surface area contributed by atoms with Gasteiger partial charge in [0.2, 0.25) is 0 Å². The maximum Gasteiger partial charge on any atom is 0.416 e. The van der Waals surface area contributed by atoms with Crippen LogP contribution in [0.5, 0.6) is 0 Å². The van der Waals surface area contributed by atoms with E-state index in [2.05, 4.69) is 15.6 Å². The van der Waals surface area contributed by atoms with E-state index in [1.54, 1.807) is 41.3 Å². The summed E-state index contributed by atoms with van der Waals surface area (Å²) in [5, 5.41) is 20.6. The fourth-order valence-electron chi connectivity index (χ4n) is 6.27. The first-order chi connectivity index (χ1) is 24.9. The minimum atomic E-state index is -4.47. The van der Waals surface area contributed by atoms with E-state index in [1.165, 1.54) is 23.5 Å². The molecular formula is C39H37ClF3N5O3S. The van der Waals surface area contributed by atoms with Crippen LogP contribution in [0.4, 0.5) is 13.2 Å². The molecule has 2 amide bonds. The van der Waals surface area contributed by atoms with Crippen molar-refractivity contribution in [3.05, 3.63) is 140 Å². The van der Waals surface area contributed by atoms with Gasteiger partial charge in [0.15, 0.2) is 0 Å². The molecule has 3 heterocycles. The van der Waals surface area contributed by atoms with Crippen molar-refractivity contribution in [2.75, 3.05) is 13.1 Å². The van der Waals surface area contributed by atoms with Gasteiger partial charge in [0.25, 0.3) is 11.8 Å². The van der Waals surface area contributed by atoms with Crippen molar-refractivity contribution < 1.29 is 27.9 Å². The Kier molecular flexibility index (Phi) is 11.7. The largest absolute Gasteiger partial charge is 0.416 e. The number of thiazole rings is 1. The number of carbonyl (C=O) groups is 2. The summed E-state index contributed by atoms with van der Waals surface area (Å²) < 4.78 is 39.7. The van der Waals surface area contributed by atoms with E-state index in [1.807, 2.05) is 42.6 Å². The van der Waals surface area contributed by atoms with E-state index in [0.29, 0.717) is 28.4 Å². The first kappa shape index (κ1) is 37.1. The van der Waals surface area contributed by atoms with Crippen LogP contribution in [0.25, 0.3) is 11.3 Å². The summed E-state index contributed by atoms with van der Waals surface area (Å²) in [7, 11) is 0. The lowest BCUT2D eigenvalue weighted by Gasteiger charge is -2.26. The molecule has 3 atom stereocenters. The van der Waals surface area contributed by atoms with Gasteiger partial charge in [-0.15, -0.1) is 11.3 Å². The van der Waals surface area contributed by atoms with Gasteiger partial charge >= 0.3 is 6.18 Å². The third kappa shape index (κ3) is 9.23. The van der Waals surface area contributed by atoms with Crippen molar-refractivity contribution in [2.45, 2.75) is 57.1 Å². The number of aromatic nitrogens is 2. The zero-order valence-corrected chi connectivity index (χ0v) is 29.8. The van der Waals surface area contributed by atoms with Gasteiger partial charge in [-0.05, 0) is 67.6 Å². The number of hydrogen-bond donors (Lipinski definition) is 3. The Morgan fingerprint density at radius 2 is 1.77 bits per heavy atom. The molecule has 52 heavy (non-hydrogen) atoms. The van der Waals surface area contributed by atoms with Crippen molar-refractivity contribution >= 4 is 34.8 Å². The Morgan fingerprint density at radius 3 is 2.50 bits per heavy atom. The molecule has 270 valence electrons. The smallest absolute Gasteiger partial charge is 0.390 e. The second-order valence-corrected chi connectivity index (χ2v) is 14.1. The minimum Gasteiger partial charge on any atom is -0.390 e. The van der Waals surface area contributed by atoms with Crippen LogP contribution < -0.4 is 10.6 Å². The molecule has 0 spiro atoms. The number of benzene rings is 3. The molecule has 2 aromatic heterocycles. The van der Waals surface area contributed by atoms with Crippen LogP contribution in [0.15, 0.2) is 96.4 Å². The first-order valence-corrected chi connectivity index (χ1v) is 18.1. The number of pyridine rings is 1. The summed E-state index contributed by atoms with van der Waals surface area (Å²) in [6.07, 6.45) is -3.77. The predicted molar refractivity (Wildman–Crippen MR) is 195 cm³/mol. The summed E-state index contributed by atoms with van der Waals surface area (Å²) in [6.45, 7) is 2.49. The molecule has 0 aliphatic carbocycles. The van der Waals surface area contributed by atoms with Crippen LogP contribution in [-0.2, 0) is 19.1 Å². The Morgan fingerprint density at radius 1 is 1.00 bits per heavy atom. The fraction of sp³-hybridized carbons (Fsp3) is 0.282. The highest BCUT2D eigenvalue weighted by molar-refractivity contribution is 7.09. The highest BCUT2D eigenvalue weighted by Gasteiger charge is 2.34. The fourth-order valence-corrected chi connectivity index (χ4v) is 7.41. The molecule has 0 unspecified atom stereocenters. The van der Waals surface area contributed by atoms with Crippen molar-refractivity contribution in [2.24, 2.45) is 0 Å². The van der Waals surface area contributed by atoms with E-state index in [-0.39, 0.29) is 42.7 Å². The summed E-state index contributed by atoms with van der Waals surface area (Å²) in [5.74, 6) is -0.862. The molecule has 0 saturated carbocycles. The van der Waals surface area contributed by atoms with Crippen LogP contribution >= 0.6 is 22.9 Å². The molecule has 5 aromatic rings. The molecule has 8 nitrogen and oxygen atoms in total. The predicted octanol–water partition coefficient (Wildman–Crippen LogP) is 7.65. The number of amides is 2. The number of aryl methyl sites for hydroxylation is 1. The number of hydrogen-bond acceptors (Lipinski definition) is 7. The Balaban J connectivity index is 1.26. The van der Waals surface area contributed by atoms with Crippen molar-refractivity contribution in [3.8, 4) is 11.3 Å². The topological polar surface area (TPSA) is 107 Å². The molecular weight excluding hydrogens is 711 g/mol. The molecule has 3 aromatic carbocycles. The van der Waals surface area contributed by atoms with Crippen LogP contribution in [-0.4, -0.2) is 57.0 Å². The average Bonchev–Trinajstić information content (AvgIpc) is 3.80. The zero-order chi connectivity index (χ0) is 36.8. The first-order valence-electron chi connectivity index (χ1n) is 16.9. The van der Waals surface area contributed by atoms with Crippen molar-refractivity contribution in [1.29, 1.82) is 0 Å². The number of alkyl halides is 3. The summed E-state index contributed by atoms with van der Waals surface area (Å²) in [4.78, 5) is 39.3. The SMILES string of the molecule is Cc1csc([C@H]2CCCN2C(=O)c2cc(C(=O)N[C@@H](Cc3ccccc3)[C@@H](O)CNCc3cccc(C(F)(F)F)c3)cc(-c3cccc(Cl)c3)n2)n1. The molecule has 0 radical (unpaired) electrons. The molecule has 1 fully saturated rings. The van der Waals surface area contributed by atoms with Crippen molar-refractivity contribution in [3.63, 3.8) is 0 Å². The third-order valence-corrected chi connectivity index (χ3v) is 10.2. The summed E-state index contributed by atoms with van der Waals surface area (Å²) in [6, 6.07) is 23.3. The number of aliphatic hydroxyl groups is 1. The summed E-state index contributed by atoms with van der Waals surface area (Å²) in [5.41, 5.74) is 2.63. The molecule has 3 N–H and O–H groups in total. The highest BCUT2D eigenvalue weighted by atomic mass is 35.5. The lowest BCUT2D eigenvalue weighted by molar-refractivity contribution is -0.137. The Bertz CT molecular complexity index is 2030. The molecule has 1 saturated heterocycles. The monoisotopic (exact) mass is 747 g/mol. The van der Waals surface area contributed by atoms with Gasteiger partial charge in [0.1, 0.15) is 10.7 Å². The quantitative estimate of drug-likeness (QED) is 0.121. The number of aliphatic hydroxyl groups excluding tert-OH is 1. The van der Waals surface area contributed by atoms with E-state index >= 15 is 0 Å². The number of nitrogens with zero attached hydrogens (tertiary/aromatic N) is 3. The molecule has 13 heteroatoms. The van der Waals surface area contributed by atoms with Crippen molar-refractivity contribution in [1.82, 2.24) is 25.5 Å². The highest BCUT2D eigenvalue weighted by Crippen LogP contribution is 2.35. The lowest BCUT2D eigenvalue weighted by atomic mass is 10.00. The second-order valence-electron chi connectivity index (χ2n) is 12.8. The minimum absolute atomic E-state index is 0.0194. The van der Waals surface area contributed by atoms with E-state index < -0.39 is 29.8 Å². The van der Waals surface area contributed by atoms with Gasteiger partial charge in [-0.25, -0.2) is 9.97 Å². The molecule has 0 bridgehead atoms. The number of nitrogens with one attached hydrogen (secondary N) is 2. The lowest BCUT2D eigenvalue weighted by Crippen LogP contribution is -2.48. The van der Waals surface area contributed by atoms with E-state index in [0.717, 1.165) is 41.2 Å². The van der Waals surface area contributed by atoms with Gasteiger partial charge in [-0.3, -0.25) is 9.59 Å². The van der Waals surface area contributed by atoms with E-state index in [4.69, 9.17) is 16.6 Å². The summed E-state index contributed by atoms with van der Waals surface area (Å²) >= 11 is 7.82. The second kappa shape index (κ2) is 16.4. The maximum atomic E-state index is 14.1. The normalized spacial score (nSPS) is 15.7. The van der Waals surface area contributed by atoms with Gasteiger partial charge in [0.05, 0.1) is 29.4 Å². The van der Waals surface area contributed by atoms with Gasteiger partial charge < -0.3 is 20.6 Å². The third-order valence-electron chi connectivity index (χ3n) is 8.88. The van der Waals surface area contributed by atoms with Gasteiger partial charge in [-0.1, -0.05) is 72.3 Å². The maximum absolute atomic E-state index is 14.1. The Hall–Kier alpha value is -4.62. The zero-order valence-electron chi connectivity index (χ0n) is 28.2. The average molecular weight is 748 g/mol. The van der Waals surface area contributed by atoms with Gasteiger partial charge in [0, 0.05) is 46.9 Å². The van der Waals surface area contributed by atoms with Gasteiger partial charge in [-0.2, -0.15) is 13.2 Å².